The van der Waals surface area contributed by atoms with Gasteiger partial charge in [0.15, 0.2) is 5.96 Å². The smallest absolute Gasteiger partial charge is 0.269 e. The highest BCUT2D eigenvalue weighted by Crippen LogP contribution is 2.14. The van der Waals surface area contributed by atoms with Gasteiger partial charge in [0.1, 0.15) is 0 Å². The number of hydrogen-bond acceptors (Lipinski definition) is 5. The van der Waals surface area contributed by atoms with Crippen molar-refractivity contribution in [1.29, 1.82) is 0 Å². The Morgan fingerprint density at radius 3 is 2.38 bits per heavy atom. The van der Waals surface area contributed by atoms with Crippen molar-refractivity contribution in [3.8, 4) is 0 Å². The van der Waals surface area contributed by atoms with Gasteiger partial charge in [0.2, 0.25) is 0 Å². The number of ether oxygens (including phenoxy) is 1. The van der Waals surface area contributed by atoms with Crippen molar-refractivity contribution in [2.75, 3.05) is 38.6 Å². The van der Waals surface area contributed by atoms with Crippen LogP contribution in [-0.2, 0) is 4.74 Å². The van der Waals surface area contributed by atoms with Gasteiger partial charge in [-0.15, -0.1) is 0 Å². The summed E-state index contributed by atoms with van der Waals surface area (Å²) in [5, 5.41) is 20.4. The molecule has 8 heteroatoms. The molecule has 0 aromatic heterocycles. The minimum atomic E-state index is -0.406. The molecule has 1 rings (SSSR count). The third kappa shape index (κ3) is 8.15. The van der Waals surface area contributed by atoms with Crippen LogP contribution in [0.15, 0.2) is 29.3 Å². The first-order valence-corrected chi connectivity index (χ1v) is 9.02. The number of nitro benzene ring substituents is 1. The second-order valence-corrected chi connectivity index (χ2v) is 6.18. The zero-order valence-corrected chi connectivity index (χ0v) is 16.1. The number of rotatable bonds is 11. The minimum Gasteiger partial charge on any atom is -0.383 e. The summed E-state index contributed by atoms with van der Waals surface area (Å²) >= 11 is 0. The molecule has 0 fully saturated rings. The summed E-state index contributed by atoms with van der Waals surface area (Å²) in [6.45, 7) is 9.21. The van der Waals surface area contributed by atoms with Gasteiger partial charge in [0.25, 0.3) is 5.69 Å². The number of nitro groups is 1. The third-order valence-corrected chi connectivity index (χ3v) is 3.89. The largest absolute Gasteiger partial charge is 0.383 e. The molecule has 0 radical (unpaired) electrons. The molecule has 0 saturated carbocycles. The van der Waals surface area contributed by atoms with Crippen LogP contribution in [0.4, 0.5) is 11.4 Å². The van der Waals surface area contributed by atoms with E-state index in [1.165, 1.54) is 12.1 Å². The Labute approximate surface area is 155 Å². The van der Waals surface area contributed by atoms with Gasteiger partial charge >= 0.3 is 0 Å². The summed E-state index contributed by atoms with van der Waals surface area (Å²) in [5.74, 6) is 1.23. The van der Waals surface area contributed by atoms with Crippen molar-refractivity contribution >= 4 is 17.3 Å². The standard InChI is InChI=1S/C18H31N5O3/c1-5-26-17(14(2)3)10-11-21-18(19-4)22-13-12-20-15-6-8-16(9-7-15)23(24)25/h6-9,14,17,20H,5,10-13H2,1-4H3,(H2,19,21,22). The fourth-order valence-corrected chi connectivity index (χ4v) is 2.47. The van der Waals surface area contributed by atoms with Crippen LogP contribution < -0.4 is 16.0 Å². The van der Waals surface area contributed by atoms with Crippen LogP contribution in [0.2, 0.25) is 0 Å². The van der Waals surface area contributed by atoms with E-state index in [0.717, 1.165) is 31.2 Å². The minimum absolute atomic E-state index is 0.0880. The summed E-state index contributed by atoms with van der Waals surface area (Å²) in [6, 6.07) is 6.37. The summed E-state index contributed by atoms with van der Waals surface area (Å²) in [6.07, 6.45) is 1.17. The van der Waals surface area contributed by atoms with E-state index in [4.69, 9.17) is 4.74 Å². The normalized spacial score (nSPS) is 12.7. The van der Waals surface area contributed by atoms with Crippen molar-refractivity contribution in [2.24, 2.45) is 10.9 Å². The van der Waals surface area contributed by atoms with Crippen LogP contribution in [0.25, 0.3) is 0 Å². The molecule has 0 spiro atoms. The van der Waals surface area contributed by atoms with E-state index < -0.39 is 4.92 Å². The second-order valence-electron chi connectivity index (χ2n) is 6.18. The monoisotopic (exact) mass is 365 g/mol. The lowest BCUT2D eigenvalue weighted by atomic mass is 10.0. The van der Waals surface area contributed by atoms with Crippen molar-refractivity contribution in [1.82, 2.24) is 10.6 Å². The highest BCUT2D eigenvalue weighted by molar-refractivity contribution is 5.79. The number of hydrogen-bond donors (Lipinski definition) is 3. The number of benzene rings is 1. The van der Waals surface area contributed by atoms with Gasteiger partial charge in [-0.1, -0.05) is 13.8 Å². The number of nitrogens with zero attached hydrogens (tertiary/aromatic N) is 2. The second kappa shape index (κ2) is 12.1. The van der Waals surface area contributed by atoms with Gasteiger partial charge < -0.3 is 20.7 Å². The molecule has 1 aromatic carbocycles. The van der Waals surface area contributed by atoms with E-state index in [1.807, 2.05) is 6.92 Å². The fourth-order valence-electron chi connectivity index (χ4n) is 2.47. The summed E-state index contributed by atoms with van der Waals surface area (Å²) in [7, 11) is 1.74. The molecule has 1 unspecified atom stereocenters. The summed E-state index contributed by atoms with van der Waals surface area (Å²) < 4.78 is 5.74. The Hall–Kier alpha value is -2.35. The van der Waals surface area contributed by atoms with Crippen molar-refractivity contribution in [2.45, 2.75) is 33.3 Å². The Kier molecular flexibility index (Phi) is 10.1. The first-order valence-electron chi connectivity index (χ1n) is 9.02. The van der Waals surface area contributed by atoms with Crippen molar-refractivity contribution in [3.63, 3.8) is 0 Å². The first kappa shape index (κ1) is 21.7. The zero-order valence-electron chi connectivity index (χ0n) is 16.1. The highest BCUT2D eigenvalue weighted by atomic mass is 16.6. The maximum atomic E-state index is 10.6. The predicted octanol–water partition coefficient (Wildman–Crippen LogP) is 2.62. The number of aliphatic imine (C=N–C) groups is 1. The van der Waals surface area contributed by atoms with Crippen LogP contribution in [0.3, 0.4) is 0 Å². The van der Waals surface area contributed by atoms with Gasteiger partial charge in [0.05, 0.1) is 11.0 Å². The molecule has 0 saturated heterocycles. The Morgan fingerprint density at radius 2 is 1.85 bits per heavy atom. The van der Waals surface area contributed by atoms with Gasteiger partial charge in [-0.3, -0.25) is 15.1 Å². The topological polar surface area (TPSA) is 101 Å². The van der Waals surface area contributed by atoms with Crippen LogP contribution in [0, 0.1) is 16.0 Å². The fraction of sp³-hybridized carbons (Fsp3) is 0.611. The van der Waals surface area contributed by atoms with Crippen LogP contribution >= 0.6 is 0 Å². The van der Waals surface area contributed by atoms with E-state index in [1.54, 1.807) is 19.2 Å². The molecular weight excluding hydrogens is 334 g/mol. The van der Waals surface area contributed by atoms with Gasteiger partial charge in [-0.05, 0) is 31.4 Å². The maximum absolute atomic E-state index is 10.6. The zero-order chi connectivity index (χ0) is 19.4. The lowest BCUT2D eigenvalue weighted by Gasteiger charge is -2.21. The Balaban J connectivity index is 2.26. The van der Waals surface area contributed by atoms with Crippen LogP contribution in [-0.4, -0.2) is 50.3 Å². The molecule has 3 N–H and O–H groups in total. The number of non-ortho nitro benzene ring substituents is 1. The molecule has 0 aliphatic rings. The Bertz CT molecular complexity index is 560. The van der Waals surface area contributed by atoms with Gasteiger partial charge in [-0.25, -0.2) is 0 Å². The van der Waals surface area contributed by atoms with E-state index >= 15 is 0 Å². The van der Waals surface area contributed by atoms with E-state index in [2.05, 4.69) is 34.8 Å². The molecule has 1 atom stereocenters. The van der Waals surface area contributed by atoms with Gasteiger partial charge in [-0.2, -0.15) is 0 Å². The number of nitrogens with one attached hydrogen (secondary N) is 3. The predicted molar refractivity (Wildman–Crippen MR) is 106 cm³/mol. The number of anilines is 1. The summed E-state index contributed by atoms with van der Waals surface area (Å²) in [5.41, 5.74) is 0.932. The molecule has 0 aliphatic heterocycles. The third-order valence-electron chi connectivity index (χ3n) is 3.89. The van der Waals surface area contributed by atoms with E-state index in [-0.39, 0.29) is 11.8 Å². The van der Waals surface area contributed by atoms with Crippen molar-refractivity contribution in [3.05, 3.63) is 34.4 Å². The number of guanidine groups is 1. The molecule has 0 aliphatic carbocycles. The van der Waals surface area contributed by atoms with Crippen molar-refractivity contribution < 1.29 is 9.66 Å². The Morgan fingerprint density at radius 1 is 1.19 bits per heavy atom. The van der Waals surface area contributed by atoms with Crippen LogP contribution in [0.5, 0.6) is 0 Å². The molecule has 26 heavy (non-hydrogen) atoms. The lowest BCUT2D eigenvalue weighted by molar-refractivity contribution is -0.384. The quantitative estimate of drug-likeness (QED) is 0.183. The molecule has 1 aromatic rings. The maximum Gasteiger partial charge on any atom is 0.269 e. The molecule has 146 valence electrons. The average molecular weight is 365 g/mol. The van der Waals surface area contributed by atoms with Crippen LogP contribution in [0.1, 0.15) is 27.2 Å². The molecule has 0 heterocycles. The first-order chi connectivity index (χ1) is 12.5. The average Bonchev–Trinajstić information content (AvgIpc) is 2.63. The summed E-state index contributed by atoms with van der Waals surface area (Å²) in [4.78, 5) is 14.4. The highest BCUT2D eigenvalue weighted by Gasteiger charge is 2.12. The lowest BCUT2D eigenvalue weighted by Crippen LogP contribution is -2.41. The van der Waals surface area contributed by atoms with E-state index in [0.29, 0.717) is 19.0 Å². The molecule has 8 nitrogen and oxygen atoms in total. The van der Waals surface area contributed by atoms with Gasteiger partial charge in [0, 0.05) is 51.1 Å². The molecule has 0 amide bonds. The SMILES string of the molecule is CCOC(CCNC(=NC)NCCNc1ccc([N+](=O)[O-])cc1)C(C)C. The van der Waals surface area contributed by atoms with E-state index in [9.17, 15) is 10.1 Å². The molecular formula is C18H31N5O3. The molecule has 0 bridgehead atoms.